The van der Waals surface area contributed by atoms with Crippen LogP contribution in [0, 0.1) is 0 Å². The average molecular weight is 227 g/mol. The number of aliphatic hydroxyl groups excluding tert-OH is 1. The molecule has 2 rings (SSSR count). The van der Waals surface area contributed by atoms with Gasteiger partial charge in [0.05, 0.1) is 12.6 Å². The van der Waals surface area contributed by atoms with Crippen molar-refractivity contribution >= 4 is 5.91 Å². The van der Waals surface area contributed by atoms with Crippen LogP contribution in [0.5, 0.6) is 0 Å². The van der Waals surface area contributed by atoms with Gasteiger partial charge >= 0.3 is 0 Å². The lowest BCUT2D eigenvalue weighted by Gasteiger charge is -2.32. The molecule has 2 saturated heterocycles. The average Bonchev–Trinajstić information content (AvgIpc) is 2.68. The zero-order valence-electron chi connectivity index (χ0n) is 9.93. The number of nitrogens with zero attached hydrogens (tertiary/aromatic N) is 3. The molecule has 1 N–H and O–H groups in total. The summed E-state index contributed by atoms with van der Waals surface area (Å²) in [6.07, 6.45) is 0.422. The van der Waals surface area contributed by atoms with Crippen molar-refractivity contribution in [3.05, 3.63) is 0 Å². The largest absolute Gasteiger partial charge is 0.391 e. The number of rotatable bonds is 2. The number of piperazine rings is 1. The van der Waals surface area contributed by atoms with Crippen molar-refractivity contribution < 1.29 is 9.90 Å². The minimum Gasteiger partial charge on any atom is -0.391 e. The van der Waals surface area contributed by atoms with Crippen molar-refractivity contribution in [2.45, 2.75) is 12.5 Å². The topological polar surface area (TPSA) is 47.0 Å². The molecule has 0 aliphatic carbocycles. The number of likely N-dealkylation sites (N-methyl/N-ethyl adjacent to an activating group) is 1. The lowest BCUT2D eigenvalue weighted by molar-refractivity contribution is -0.132. The summed E-state index contributed by atoms with van der Waals surface area (Å²) in [7, 11) is 2.11. The van der Waals surface area contributed by atoms with Gasteiger partial charge in [0.25, 0.3) is 0 Å². The van der Waals surface area contributed by atoms with Crippen molar-refractivity contribution in [2.24, 2.45) is 0 Å². The van der Waals surface area contributed by atoms with Crippen LogP contribution in [0.4, 0.5) is 0 Å². The molecule has 1 amide bonds. The molecule has 0 aromatic carbocycles. The fourth-order valence-corrected chi connectivity index (χ4v) is 2.27. The molecule has 92 valence electrons. The Morgan fingerprint density at radius 1 is 1.25 bits per heavy atom. The minimum atomic E-state index is -0.309. The molecule has 0 bridgehead atoms. The summed E-state index contributed by atoms with van der Waals surface area (Å²) in [5.74, 6) is 0.168. The highest BCUT2D eigenvalue weighted by Crippen LogP contribution is 2.09. The number of carbonyl (C=O) groups excluding carboxylic acids is 1. The molecule has 1 atom stereocenters. The van der Waals surface area contributed by atoms with Crippen LogP contribution < -0.4 is 0 Å². The number of carbonyl (C=O) groups is 1. The summed E-state index contributed by atoms with van der Waals surface area (Å²) in [6, 6.07) is 0. The third-order valence-electron chi connectivity index (χ3n) is 3.47. The van der Waals surface area contributed by atoms with E-state index in [-0.39, 0.29) is 12.0 Å². The fraction of sp³-hybridized carbons (Fsp3) is 0.909. The summed E-state index contributed by atoms with van der Waals surface area (Å²) in [6.45, 7) is 5.77. The Kier molecular flexibility index (Phi) is 3.78. The first-order valence-corrected chi connectivity index (χ1v) is 6.02. The molecule has 16 heavy (non-hydrogen) atoms. The molecule has 1 unspecified atom stereocenters. The van der Waals surface area contributed by atoms with E-state index in [4.69, 9.17) is 0 Å². The smallest absolute Gasteiger partial charge is 0.236 e. The van der Waals surface area contributed by atoms with E-state index in [0.717, 1.165) is 32.6 Å². The lowest BCUT2D eigenvalue weighted by Crippen LogP contribution is -2.48. The van der Waals surface area contributed by atoms with Gasteiger partial charge < -0.3 is 14.9 Å². The summed E-state index contributed by atoms with van der Waals surface area (Å²) >= 11 is 0. The van der Waals surface area contributed by atoms with E-state index in [1.165, 1.54) is 0 Å². The van der Waals surface area contributed by atoms with Gasteiger partial charge in [-0.05, 0) is 13.5 Å². The van der Waals surface area contributed by atoms with Crippen LogP contribution >= 0.6 is 0 Å². The van der Waals surface area contributed by atoms with E-state index in [0.29, 0.717) is 19.6 Å². The Balaban J connectivity index is 1.75. The summed E-state index contributed by atoms with van der Waals surface area (Å²) < 4.78 is 0. The maximum absolute atomic E-state index is 11.9. The zero-order valence-corrected chi connectivity index (χ0v) is 9.93. The molecule has 0 aromatic rings. The van der Waals surface area contributed by atoms with Gasteiger partial charge in [-0.25, -0.2) is 0 Å². The van der Waals surface area contributed by atoms with Crippen molar-refractivity contribution in [2.75, 3.05) is 52.9 Å². The molecular weight excluding hydrogens is 206 g/mol. The van der Waals surface area contributed by atoms with Crippen LogP contribution in [0.25, 0.3) is 0 Å². The Labute approximate surface area is 96.6 Å². The number of aliphatic hydroxyl groups is 1. The number of hydrogen-bond donors (Lipinski definition) is 1. The fourth-order valence-electron chi connectivity index (χ4n) is 2.27. The SMILES string of the molecule is CN1CCN(CC(=O)N2CCC(O)C2)CC1. The Morgan fingerprint density at radius 2 is 1.94 bits per heavy atom. The maximum Gasteiger partial charge on any atom is 0.236 e. The number of β-amino-alcohol motifs (C(OH)–C–C–N with tert-alkyl or cyclic N) is 1. The van der Waals surface area contributed by atoms with E-state index in [1.54, 1.807) is 4.90 Å². The quantitative estimate of drug-likeness (QED) is 0.645. The highest BCUT2D eigenvalue weighted by molar-refractivity contribution is 5.78. The number of hydrogen-bond acceptors (Lipinski definition) is 4. The maximum atomic E-state index is 11.9. The molecule has 0 aromatic heterocycles. The van der Waals surface area contributed by atoms with Crippen molar-refractivity contribution in [1.29, 1.82) is 0 Å². The molecule has 0 spiro atoms. The predicted molar refractivity (Wildman–Crippen MR) is 61.1 cm³/mol. The molecule has 5 heteroatoms. The van der Waals surface area contributed by atoms with E-state index in [2.05, 4.69) is 16.8 Å². The lowest BCUT2D eigenvalue weighted by atomic mass is 10.3. The molecule has 2 aliphatic heterocycles. The number of amides is 1. The normalized spacial score (nSPS) is 28.6. The van der Waals surface area contributed by atoms with Crippen molar-refractivity contribution in [3.63, 3.8) is 0 Å². The van der Waals surface area contributed by atoms with Gasteiger partial charge in [0, 0.05) is 39.3 Å². The van der Waals surface area contributed by atoms with Crippen molar-refractivity contribution in [3.8, 4) is 0 Å². The van der Waals surface area contributed by atoms with E-state index in [1.807, 2.05) is 0 Å². The first kappa shape index (κ1) is 11.8. The summed E-state index contributed by atoms with van der Waals surface area (Å²) in [5.41, 5.74) is 0. The van der Waals surface area contributed by atoms with Gasteiger partial charge in [-0.1, -0.05) is 0 Å². The van der Waals surface area contributed by atoms with E-state index in [9.17, 15) is 9.90 Å². The van der Waals surface area contributed by atoms with Crippen LogP contribution in [-0.2, 0) is 4.79 Å². The van der Waals surface area contributed by atoms with Gasteiger partial charge in [0.1, 0.15) is 0 Å². The molecular formula is C11H21N3O2. The molecule has 2 fully saturated rings. The predicted octanol–water partition coefficient (Wildman–Crippen LogP) is -1.17. The zero-order chi connectivity index (χ0) is 11.5. The Hall–Kier alpha value is -0.650. The summed E-state index contributed by atoms with van der Waals surface area (Å²) in [5, 5.41) is 9.37. The van der Waals surface area contributed by atoms with Crippen LogP contribution in [-0.4, -0.2) is 84.7 Å². The molecule has 0 radical (unpaired) electrons. The van der Waals surface area contributed by atoms with Crippen LogP contribution in [0.2, 0.25) is 0 Å². The molecule has 5 nitrogen and oxygen atoms in total. The third-order valence-corrected chi connectivity index (χ3v) is 3.47. The van der Waals surface area contributed by atoms with Crippen molar-refractivity contribution in [1.82, 2.24) is 14.7 Å². The highest BCUT2D eigenvalue weighted by atomic mass is 16.3. The van der Waals surface area contributed by atoms with Crippen LogP contribution in [0.3, 0.4) is 0 Å². The number of likely N-dealkylation sites (tertiary alicyclic amines) is 1. The summed E-state index contributed by atoms with van der Waals surface area (Å²) in [4.78, 5) is 18.2. The highest BCUT2D eigenvalue weighted by Gasteiger charge is 2.26. The third kappa shape index (κ3) is 2.93. The van der Waals surface area contributed by atoms with Crippen LogP contribution in [0.1, 0.15) is 6.42 Å². The van der Waals surface area contributed by atoms with Gasteiger partial charge in [0.15, 0.2) is 0 Å². The molecule has 2 aliphatic rings. The Bertz CT molecular complexity index is 252. The van der Waals surface area contributed by atoms with Gasteiger partial charge in [-0.15, -0.1) is 0 Å². The second kappa shape index (κ2) is 5.12. The van der Waals surface area contributed by atoms with E-state index >= 15 is 0 Å². The first-order chi connectivity index (χ1) is 7.65. The van der Waals surface area contributed by atoms with Crippen LogP contribution in [0.15, 0.2) is 0 Å². The Morgan fingerprint density at radius 3 is 2.50 bits per heavy atom. The minimum absolute atomic E-state index is 0.168. The first-order valence-electron chi connectivity index (χ1n) is 6.02. The second-order valence-corrected chi connectivity index (χ2v) is 4.86. The van der Waals surface area contributed by atoms with Gasteiger partial charge in [-0.2, -0.15) is 0 Å². The molecule has 0 saturated carbocycles. The monoisotopic (exact) mass is 227 g/mol. The van der Waals surface area contributed by atoms with Gasteiger partial charge in [-0.3, -0.25) is 9.69 Å². The second-order valence-electron chi connectivity index (χ2n) is 4.86. The molecule has 2 heterocycles. The standard InChI is InChI=1S/C11H21N3O2/c1-12-4-6-13(7-5-12)9-11(16)14-3-2-10(15)8-14/h10,15H,2-9H2,1H3. The van der Waals surface area contributed by atoms with Gasteiger partial charge in [0.2, 0.25) is 5.91 Å². The van der Waals surface area contributed by atoms with E-state index < -0.39 is 0 Å².